The lowest BCUT2D eigenvalue weighted by Gasteiger charge is -2.13. The molecule has 5 heteroatoms. The molecule has 0 bridgehead atoms. The second kappa shape index (κ2) is 11.4. The highest BCUT2D eigenvalue weighted by Crippen LogP contribution is 2.19. The van der Waals surface area contributed by atoms with Crippen LogP contribution in [0.4, 0.5) is 5.69 Å². The summed E-state index contributed by atoms with van der Waals surface area (Å²) in [6.07, 6.45) is 3.94. The lowest BCUT2D eigenvalue weighted by Crippen LogP contribution is -2.26. The number of nitrogens with one attached hydrogen (secondary N) is 2. The minimum Gasteiger partial charge on any atom is -0.322 e. The summed E-state index contributed by atoms with van der Waals surface area (Å²) in [6, 6.07) is 26.7. The van der Waals surface area contributed by atoms with E-state index in [9.17, 15) is 9.59 Å². The van der Waals surface area contributed by atoms with Gasteiger partial charge in [-0.3, -0.25) is 9.59 Å². The first-order chi connectivity index (χ1) is 15.6. The average molecular weight is 426 g/mol. The number of carbonyl (C=O) groups excluding carboxylic acids is 2. The van der Waals surface area contributed by atoms with Crippen molar-refractivity contribution in [2.75, 3.05) is 5.32 Å². The van der Waals surface area contributed by atoms with Crippen molar-refractivity contribution in [1.82, 2.24) is 5.43 Å². The van der Waals surface area contributed by atoms with Gasteiger partial charge < -0.3 is 5.32 Å². The van der Waals surface area contributed by atoms with Gasteiger partial charge in [0.2, 0.25) is 11.8 Å². The molecule has 0 spiro atoms. The molecule has 3 rings (SSSR count). The predicted molar refractivity (Wildman–Crippen MR) is 130 cm³/mol. The minimum absolute atomic E-state index is 0.145. The van der Waals surface area contributed by atoms with Crippen molar-refractivity contribution < 1.29 is 9.59 Å². The summed E-state index contributed by atoms with van der Waals surface area (Å²) < 4.78 is 0. The zero-order valence-corrected chi connectivity index (χ0v) is 18.3. The van der Waals surface area contributed by atoms with Crippen LogP contribution in [0.3, 0.4) is 0 Å². The maximum Gasteiger partial charge on any atom is 0.248 e. The maximum absolute atomic E-state index is 12.6. The van der Waals surface area contributed by atoms with Gasteiger partial charge >= 0.3 is 0 Å². The number of hydrazone groups is 1. The Morgan fingerprint density at radius 2 is 1.62 bits per heavy atom. The summed E-state index contributed by atoms with van der Waals surface area (Å²) in [7, 11) is 0. The predicted octanol–water partition coefficient (Wildman–Crippen LogP) is 5.37. The van der Waals surface area contributed by atoms with Crippen LogP contribution in [0.1, 0.15) is 42.9 Å². The monoisotopic (exact) mass is 425 g/mol. The third kappa shape index (κ3) is 6.51. The number of amides is 2. The van der Waals surface area contributed by atoms with Crippen molar-refractivity contribution in [2.45, 2.75) is 26.2 Å². The highest BCUT2D eigenvalue weighted by Gasteiger charge is 2.18. The molecule has 2 N–H and O–H groups in total. The average Bonchev–Trinajstić information content (AvgIpc) is 2.83. The molecule has 2 amide bonds. The van der Waals surface area contributed by atoms with E-state index in [0.717, 1.165) is 16.7 Å². The molecule has 32 heavy (non-hydrogen) atoms. The van der Waals surface area contributed by atoms with Gasteiger partial charge in [0, 0.05) is 11.8 Å². The number of rotatable bonds is 8. The van der Waals surface area contributed by atoms with Crippen molar-refractivity contribution in [2.24, 2.45) is 5.10 Å². The molecule has 0 unspecified atom stereocenters. The second-order valence-electron chi connectivity index (χ2n) is 7.36. The Balaban J connectivity index is 1.63. The first-order valence-corrected chi connectivity index (χ1v) is 10.6. The van der Waals surface area contributed by atoms with E-state index in [0.29, 0.717) is 17.8 Å². The number of benzene rings is 3. The number of hydrogen-bond donors (Lipinski definition) is 2. The van der Waals surface area contributed by atoms with Crippen LogP contribution in [0.2, 0.25) is 0 Å². The zero-order chi connectivity index (χ0) is 22.8. The number of anilines is 1. The maximum atomic E-state index is 12.6. The third-order valence-electron chi connectivity index (χ3n) is 5.04. The quantitative estimate of drug-likeness (QED) is 0.289. The first-order valence-electron chi connectivity index (χ1n) is 10.6. The Bertz CT molecular complexity index is 1110. The highest BCUT2D eigenvalue weighted by molar-refractivity contribution is 6.04. The normalized spacial score (nSPS) is 12.4. The van der Waals surface area contributed by atoms with Gasteiger partial charge in [0.15, 0.2) is 0 Å². The molecule has 162 valence electrons. The Morgan fingerprint density at radius 1 is 0.938 bits per heavy atom. The summed E-state index contributed by atoms with van der Waals surface area (Å²) in [5, 5.41) is 7.13. The van der Waals surface area contributed by atoms with Crippen LogP contribution in [0.15, 0.2) is 96.1 Å². The van der Waals surface area contributed by atoms with E-state index in [2.05, 4.69) is 15.8 Å². The minimum atomic E-state index is -0.255. The second-order valence-corrected chi connectivity index (χ2v) is 7.36. The fourth-order valence-corrected chi connectivity index (χ4v) is 3.28. The molecule has 0 saturated carbocycles. The van der Waals surface area contributed by atoms with Gasteiger partial charge in [-0.1, -0.05) is 79.7 Å². The highest BCUT2D eigenvalue weighted by atomic mass is 16.2. The molecule has 0 aliphatic rings. The van der Waals surface area contributed by atoms with E-state index in [4.69, 9.17) is 0 Å². The van der Waals surface area contributed by atoms with Crippen LogP contribution in [-0.4, -0.2) is 17.5 Å². The van der Waals surface area contributed by atoms with Crippen molar-refractivity contribution in [1.29, 1.82) is 0 Å². The molecule has 5 nitrogen and oxygen atoms in total. The van der Waals surface area contributed by atoms with Crippen molar-refractivity contribution in [3.05, 3.63) is 108 Å². The van der Waals surface area contributed by atoms with Crippen LogP contribution in [0.5, 0.6) is 0 Å². The van der Waals surface area contributed by atoms with Crippen LogP contribution in [0, 0.1) is 0 Å². The standard InChI is InChI=1S/C27H27N3O2/c1-3-25(22-13-8-5-9-14-22)27(32)30-29-20(2)23-15-10-16-24(19-23)28-26(31)18-17-21-11-6-4-7-12-21/h4-19,25H,3H2,1-2H3,(H,28,31)(H,30,32)/b18-17+,29-20+/t25-/m0/s1. The zero-order valence-electron chi connectivity index (χ0n) is 18.3. The van der Waals surface area contributed by atoms with E-state index < -0.39 is 0 Å². The molecular formula is C27H27N3O2. The van der Waals surface area contributed by atoms with Gasteiger partial charge in [-0.2, -0.15) is 5.10 Å². The van der Waals surface area contributed by atoms with Crippen molar-refractivity contribution >= 4 is 29.3 Å². The van der Waals surface area contributed by atoms with Gasteiger partial charge in [0.1, 0.15) is 0 Å². The largest absolute Gasteiger partial charge is 0.322 e. The number of carbonyl (C=O) groups is 2. The van der Waals surface area contributed by atoms with Crippen molar-refractivity contribution in [3.8, 4) is 0 Å². The summed E-state index contributed by atoms with van der Waals surface area (Å²) in [6.45, 7) is 3.80. The molecule has 0 fully saturated rings. The lowest BCUT2D eigenvalue weighted by atomic mass is 9.96. The molecule has 3 aromatic rings. The molecule has 0 saturated heterocycles. The summed E-state index contributed by atoms with van der Waals surface area (Å²) in [5.74, 6) is -0.620. The van der Waals surface area contributed by atoms with E-state index in [1.807, 2.05) is 98.8 Å². The van der Waals surface area contributed by atoms with E-state index in [1.54, 1.807) is 6.08 Å². The molecular weight excluding hydrogens is 398 g/mol. The molecule has 1 atom stereocenters. The third-order valence-corrected chi connectivity index (χ3v) is 5.04. The fraction of sp³-hybridized carbons (Fsp3) is 0.148. The number of hydrogen-bond acceptors (Lipinski definition) is 3. The summed E-state index contributed by atoms with van der Waals surface area (Å²) >= 11 is 0. The van der Waals surface area contributed by atoms with Crippen LogP contribution in [-0.2, 0) is 9.59 Å². The molecule has 0 aromatic heterocycles. The first kappa shape index (κ1) is 22.7. The van der Waals surface area contributed by atoms with Gasteiger partial charge in [0.25, 0.3) is 0 Å². The molecule has 0 aliphatic heterocycles. The van der Waals surface area contributed by atoms with Gasteiger partial charge in [-0.05, 0) is 48.2 Å². The van der Waals surface area contributed by atoms with Gasteiger partial charge in [0.05, 0.1) is 11.6 Å². The van der Waals surface area contributed by atoms with Crippen molar-refractivity contribution in [3.63, 3.8) is 0 Å². The van der Waals surface area contributed by atoms with E-state index >= 15 is 0 Å². The molecule has 3 aromatic carbocycles. The number of nitrogens with zero attached hydrogens (tertiary/aromatic N) is 1. The fourth-order valence-electron chi connectivity index (χ4n) is 3.28. The SMILES string of the molecule is CC[C@H](C(=O)N/N=C(\C)c1cccc(NC(=O)/C=C/c2ccccc2)c1)c1ccccc1. The smallest absolute Gasteiger partial charge is 0.248 e. The summed E-state index contributed by atoms with van der Waals surface area (Å²) in [5.41, 5.74) is 6.71. The topological polar surface area (TPSA) is 70.6 Å². The van der Waals surface area contributed by atoms with E-state index in [-0.39, 0.29) is 17.7 Å². The van der Waals surface area contributed by atoms with E-state index in [1.165, 1.54) is 6.08 Å². The molecule has 0 radical (unpaired) electrons. The van der Waals surface area contributed by atoms with Crippen LogP contribution in [0.25, 0.3) is 6.08 Å². The van der Waals surface area contributed by atoms with Crippen LogP contribution >= 0.6 is 0 Å². The van der Waals surface area contributed by atoms with Gasteiger partial charge in [-0.25, -0.2) is 5.43 Å². The molecule has 0 heterocycles. The Morgan fingerprint density at radius 3 is 2.31 bits per heavy atom. The Hall–Kier alpha value is -3.99. The Labute approximate surface area is 188 Å². The molecule has 0 aliphatic carbocycles. The lowest BCUT2D eigenvalue weighted by molar-refractivity contribution is -0.122. The van der Waals surface area contributed by atoms with Crippen LogP contribution < -0.4 is 10.7 Å². The summed E-state index contributed by atoms with van der Waals surface area (Å²) in [4.78, 5) is 24.9. The van der Waals surface area contributed by atoms with Gasteiger partial charge in [-0.15, -0.1) is 0 Å². The Kier molecular flexibility index (Phi) is 8.09.